The molecular weight excluding hydrogens is 230 g/mol. The molecular formula is C12H21N5O. The Morgan fingerprint density at radius 3 is 2.83 bits per heavy atom. The van der Waals surface area contributed by atoms with Crippen molar-refractivity contribution in [3.63, 3.8) is 0 Å². The lowest BCUT2D eigenvalue weighted by Crippen LogP contribution is -2.35. The van der Waals surface area contributed by atoms with Crippen LogP contribution in [0, 0.1) is 5.92 Å². The molecule has 0 saturated carbocycles. The van der Waals surface area contributed by atoms with Crippen molar-refractivity contribution in [2.75, 3.05) is 18.5 Å². The molecule has 0 aliphatic heterocycles. The molecule has 1 aromatic heterocycles. The molecule has 1 heterocycles. The Labute approximate surface area is 107 Å². The van der Waals surface area contributed by atoms with Gasteiger partial charge in [-0.25, -0.2) is 10.8 Å². The minimum absolute atomic E-state index is 0.256. The predicted octanol–water partition coefficient (Wildman–Crippen LogP) is 0.311. The number of nitrogens with one attached hydrogen (secondary N) is 1. The standard InChI is InChI=1S/C12H21N5O/c1-9(2)6-17(8-11(13)18)7-10-3-4-15-12(5-10)16-14/h3-5,9H,6-8,14H2,1-2H3,(H2,13,18)(H,15,16). The molecule has 0 fully saturated rings. The van der Waals surface area contributed by atoms with E-state index >= 15 is 0 Å². The van der Waals surface area contributed by atoms with Crippen LogP contribution in [0.15, 0.2) is 18.3 Å². The molecule has 1 amide bonds. The summed E-state index contributed by atoms with van der Waals surface area (Å²) in [6.07, 6.45) is 1.68. The van der Waals surface area contributed by atoms with E-state index in [0.29, 0.717) is 18.3 Å². The van der Waals surface area contributed by atoms with Crippen molar-refractivity contribution in [3.8, 4) is 0 Å². The molecule has 0 atom stereocenters. The van der Waals surface area contributed by atoms with Crippen molar-refractivity contribution in [1.82, 2.24) is 9.88 Å². The van der Waals surface area contributed by atoms with Crippen LogP contribution in [-0.4, -0.2) is 28.9 Å². The van der Waals surface area contributed by atoms with Gasteiger partial charge < -0.3 is 11.2 Å². The van der Waals surface area contributed by atoms with Gasteiger partial charge in [0.1, 0.15) is 5.82 Å². The molecule has 0 bridgehead atoms. The van der Waals surface area contributed by atoms with Gasteiger partial charge in [0.15, 0.2) is 0 Å². The Bertz CT molecular complexity index is 394. The van der Waals surface area contributed by atoms with Gasteiger partial charge >= 0.3 is 0 Å². The maximum absolute atomic E-state index is 11.0. The fraction of sp³-hybridized carbons (Fsp3) is 0.500. The largest absolute Gasteiger partial charge is 0.369 e. The first-order chi connectivity index (χ1) is 8.51. The Hall–Kier alpha value is -1.66. The molecule has 6 heteroatoms. The molecule has 5 N–H and O–H groups in total. The first kappa shape index (κ1) is 14.4. The van der Waals surface area contributed by atoms with Crippen LogP contribution in [0.4, 0.5) is 5.82 Å². The molecule has 0 spiro atoms. The smallest absolute Gasteiger partial charge is 0.231 e. The number of primary amides is 1. The van der Waals surface area contributed by atoms with Crippen LogP contribution >= 0.6 is 0 Å². The zero-order valence-electron chi connectivity index (χ0n) is 10.9. The molecule has 100 valence electrons. The van der Waals surface area contributed by atoms with E-state index < -0.39 is 0 Å². The average Bonchev–Trinajstić information content (AvgIpc) is 2.27. The third-order valence-electron chi connectivity index (χ3n) is 2.38. The lowest BCUT2D eigenvalue weighted by Gasteiger charge is -2.22. The maximum atomic E-state index is 11.0. The zero-order chi connectivity index (χ0) is 13.5. The molecule has 0 unspecified atom stereocenters. The molecule has 0 radical (unpaired) electrons. The fourth-order valence-electron chi connectivity index (χ4n) is 1.83. The lowest BCUT2D eigenvalue weighted by atomic mass is 10.1. The number of hydrogen-bond acceptors (Lipinski definition) is 5. The molecule has 1 aromatic rings. The second-order valence-corrected chi connectivity index (χ2v) is 4.72. The summed E-state index contributed by atoms with van der Waals surface area (Å²) in [7, 11) is 0. The van der Waals surface area contributed by atoms with E-state index in [2.05, 4.69) is 24.3 Å². The van der Waals surface area contributed by atoms with E-state index in [1.165, 1.54) is 0 Å². The summed E-state index contributed by atoms with van der Waals surface area (Å²) < 4.78 is 0. The van der Waals surface area contributed by atoms with E-state index in [9.17, 15) is 4.79 Å². The lowest BCUT2D eigenvalue weighted by molar-refractivity contribution is -0.119. The van der Waals surface area contributed by atoms with E-state index in [0.717, 1.165) is 12.1 Å². The van der Waals surface area contributed by atoms with Gasteiger partial charge in [0.25, 0.3) is 0 Å². The highest BCUT2D eigenvalue weighted by molar-refractivity contribution is 5.75. The Balaban J connectivity index is 2.71. The van der Waals surface area contributed by atoms with Crippen LogP contribution in [-0.2, 0) is 11.3 Å². The van der Waals surface area contributed by atoms with Crippen LogP contribution in [0.2, 0.25) is 0 Å². The van der Waals surface area contributed by atoms with Gasteiger partial charge in [-0.3, -0.25) is 9.69 Å². The van der Waals surface area contributed by atoms with Crippen LogP contribution in [0.25, 0.3) is 0 Å². The number of amides is 1. The van der Waals surface area contributed by atoms with Gasteiger partial charge in [-0.05, 0) is 23.6 Å². The SMILES string of the molecule is CC(C)CN(CC(N)=O)Cc1ccnc(NN)c1. The van der Waals surface area contributed by atoms with Gasteiger partial charge in [-0.2, -0.15) is 0 Å². The molecule has 0 aliphatic carbocycles. The van der Waals surface area contributed by atoms with Gasteiger partial charge in [0.2, 0.25) is 5.91 Å². The van der Waals surface area contributed by atoms with Crippen LogP contribution < -0.4 is 17.0 Å². The predicted molar refractivity (Wildman–Crippen MR) is 71.4 cm³/mol. The summed E-state index contributed by atoms with van der Waals surface area (Å²) in [6.45, 7) is 5.93. The molecule has 18 heavy (non-hydrogen) atoms. The van der Waals surface area contributed by atoms with Gasteiger partial charge in [-0.1, -0.05) is 13.8 Å². The van der Waals surface area contributed by atoms with E-state index in [-0.39, 0.29) is 12.5 Å². The minimum atomic E-state index is -0.318. The van der Waals surface area contributed by atoms with Crippen LogP contribution in [0.1, 0.15) is 19.4 Å². The number of carbonyl (C=O) groups is 1. The number of anilines is 1. The number of hydrazine groups is 1. The maximum Gasteiger partial charge on any atom is 0.231 e. The number of rotatable bonds is 7. The van der Waals surface area contributed by atoms with Crippen molar-refractivity contribution in [2.24, 2.45) is 17.5 Å². The van der Waals surface area contributed by atoms with Crippen molar-refractivity contribution in [2.45, 2.75) is 20.4 Å². The molecule has 0 aliphatic rings. The van der Waals surface area contributed by atoms with Crippen molar-refractivity contribution in [3.05, 3.63) is 23.9 Å². The fourth-order valence-corrected chi connectivity index (χ4v) is 1.83. The van der Waals surface area contributed by atoms with Crippen molar-refractivity contribution in [1.29, 1.82) is 0 Å². The van der Waals surface area contributed by atoms with Gasteiger partial charge in [-0.15, -0.1) is 0 Å². The Morgan fingerprint density at radius 2 is 2.28 bits per heavy atom. The Kier molecular flexibility index (Phi) is 5.54. The first-order valence-corrected chi connectivity index (χ1v) is 5.93. The second kappa shape index (κ2) is 6.93. The molecule has 6 nitrogen and oxygen atoms in total. The number of pyridine rings is 1. The van der Waals surface area contributed by atoms with Crippen LogP contribution in [0.3, 0.4) is 0 Å². The number of aromatic nitrogens is 1. The zero-order valence-corrected chi connectivity index (χ0v) is 10.9. The molecule has 1 rings (SSSR count). The Morgan fingerprint density at radius 1 is 1.56 bits per heavy atom. The van der Waals surface area contributed by atoms with Crippen molar-refractivity contribution < 1.29 is 4.79 Å². The topological polar surface area (TPSA) is 97.3 Å². The number of nitrogens with zero attached hydrogens (tertiary/aromatic N) is 2. The summed E-state index contributed by atoms with van der Waals surface area (Å²) in [5.74, 6) is 6.07. The molecule has 0 saturated heterocycles. The highest BCUT2D eigenvalue weighted by Gasteiger charge is 2.11. The summed E-state index contributed by atoms with van der Waals surface area (Å²) in [5, 5.41) is 0. The van der Waals surface area contributed by atoms with Crippen molar-refractivity contribution >= 4 is 11.7 Å². The quantitative estimate of drug-likeness (QED) is 0.478. The minimum Gasteiger partial charge on any atom is -0.369 e. The first-order valence-electron chi connectivity index (χ1n) is 5.93. The molecule has 0 aromatic carbocycles. The summed E-state index contributed by atoms with van der Waals surface area (Å²) in [5.41, 5.74) is 8.80. The monoisotopic (exact) mass is 251 g/mol. The van der Waals surface area contributed by atoms with E-state index in [1.807, 2.05) is 17.0 Å². The second-order valence-electron chi connectivity index (χ2n) is 4.72. The summed E-state index contributed by atoms with van der Waals surface area (Å²) in [6, 6.07) is 3.75. The normalized spacial score (nSPS) is 10.9. The summed E-state index contributed by atoms with van der Waals surface area (Å²) in [4.78, 5) is 17.1. The summed E-state index contributed by atoms with van der Waals surface area (Å²) >= 11 is 0. The third-order valence-corrected chi connectivity index (χ3v) is 2.38. The number of carbonyl (C=O) groups excluding carboxylic acids is 1. The number of hydrogen-bond donors (Lipinski definition) is 3. The van der Waals surface area contributed by atoms with E-state index in [4.69, 9.17) is 11.6 Å². The number of nitrogens with two attached hydrogens (primary N) is 2. The third kappa shape index (κ3) is 5.11. The highest BCUT2D eigenvalue weighted by Crippen LogP contribution is 2.10. The highest BCUT2D eigenvalue weighted by atomic mass is 16.1. The van der Waals surface area contributed by atoms with Gasteiger partial charge in [0, 0.05) is 19.3 Å². The van der Waals surface area contributed by atoms with Gasteiger partial charge in [0.05, 0.1) is 6.54 Å². The average molecular weight is 251 g/mol. The number of nitrogen functional groups attached to an aromatic ring is 1. The van der Waals surface area contributed by atoms with Crippen LogP contribution in [0.5, 0.6) is 0 Å². The van der Waals surface area contributed by atoms with E-state index in [1.54, 1.807) is 6.20 Å².